The minimum atomic E-state index is 0. The molecule has 0 aromatic rings. The van der Waals surface area contributed by atoms with Gasteiger partial charge in [-0.15, -0.1) is 0 Å². The highest BCUT2D eigenvalue weighted by molar-refractivity contribution is 4.58. The molecule has 0 fully saturated rings. The summed E-state index contributed by atoms with van der Waals surface area (Å²) >= 11 is 0. The minimum Gasteiger partial charge on any atom is -1.00 e. The molecule has 1 nitrogen and oxygen atoms in total. The van der Waals surface area contributed by atoms with Crippen LogP contribution in [0.4, 0.5) is 0 Å². The topological polar surface area (TPSA) is 4.44 Å². The largest absolute Gasteiger partial charge is 1.00 e. The van der Waals surface area contributed by atoms with Crippen LogP contribution >= 0.6 is 0 Å². The molecular weight excluding hydrogens is 302 g/mol. The molecule has 0 heterocycles. The molecule has 0 aliphatic rings. The van der Waals surface area contributed by atoms with Crippen LogP contribution in [0, 0.1) is 5.92 Å². The van der Waals surface area contributed by atoms with Crippen LogP contribution in [0.3, 0.4) is 0 Å². The minimum absolute atomic E-state index is 0. The number of hydrogen-bond acceptors (Lipinski definition) is 0. The van der Waals surface area contributed by atoms with Crippen molar-refractivity contribution in [3.8, 4) is 0 Å². The average molecular weight is 348 g/mol. The van der Waals surface area contributed by atoms with Crippen LogP contribution in [-0.2, 0) is 0 Å². The first-order valence-corrected chi connectivity index (χ1v) is 10.4. The van der Waals surface area contributed by atoms with Gasteiger partial charge in [-0.05, 0) is 31.6 Å². The van der Waals surface area contributed by atoms with Crippen LogP contribution in [-0.4, -0.2) is 20.1 Å². The van der Waals surface area contributed by atoms with E-state index < -0.39 is 0 Å². The van der Waals surface area contributed by atoms with Gasteiger partial charge in [0.15, 0.2) is 0 Å². The fourth-order valence-corrected chi connectivity index (χ4v) is 3.37. The molecule has 0 amide bonds. The lowest BCUT2D eigenvalue weighted by molar-refractivity contribution is -0.886. The van der Waals surface area contributed by atoms with Crippen LogP contribution in [0.25, 0.3) is 0 Å². The molecule has 0 saturated carbocycles. The molecule has 0 aromatic carbocycles. The van der Waals surface area contributed by atoms with Gasteiger partial charge in [0.2, 0.25) is 0 Å². The molecule has 1 unspecified atom stereocenters. The van der Waals surface area contributed by atoms with E-state index in [-0.39, 0.29) is 12.4 Å². The fraction of sp³-hybridized carbons (Fsp3) is 1.00. The molecule has 142 valence electrons. The maximum atomic E-state index is 2.35. The Hall–Kier alpha value is 0.250. The lowest BCUT2D eigenvalue weighted by Crippen LogP contribution is -3.10. The van der Waals surface area contributed by atoms with Gasteiger partial charge in [0, 0.05) is 0 Å². The predicted octanol–water partition coefficient (Wildman–Crippen LogP) is 2.64. The van der Waals surface area contributed by atoms with Crippen molar-refractivity contribution in [3.63, 3.8) is 0 Å². The Labute approximate surface area is 154 Å². The molecule has 0 aromatic heterocycles. The molecule has 0 aliphatic carbocycles. The van der Waals surface area contributed by atoms with E-state index in [2.05, 4.69) is 34.9 Å². The predicted molar refractivity (Wildman–Crippen MR) is 102 cm³/mol. The third kappa shape index (κ3) is 18.4. The monoisotopic (exact) mass is 347 g/mol. The van der Waals surface area contributed by atoms with Gasteiger partial charge in [-0.3, -0.25) is 0 Å². The van der Waals surface area contributed by atoms with Crippen molar-refractivity contribution < 1.29 is 17.3 Å². The van der Waals surface area contributed by atoms with E-state index in [1.807, 2.05) is 0 Å². The van der Waals surface area contributed by atoms with Crippen molar-refractivity contribution in [1.82, 2.24) is 0 Å². The number of quaternary nitrogens is 1. The summed E-state index contributed by atoms with van der Waals surface area (Å²) in [6, 6.07) is 0.902. The molecule has 0 radical (unpaired) electrons. The molecule has 0 bridgehead atoms. The highest BCUT2D eigenvalue weighted by Crippen LogP contribution is 2.14. The summed E-state index contributed by atoms with van der Waals surface area (Å²) < 4.78 is 0. The molecule has 1 atom stereocenters. The summed E-state index contributed by atoms with van der Waals surface area (Å²) in [5.74, 6) is 0.882. The lowest BCUT2D eigenvalue weighted by atomic mass is 9.98. The van der Waals surface area contributed by atoms with Gasteiger partial charge in [0.05, 0.1) is 20.1 Å². The summed E-state index contributed by atoms with van der Waals surface area (Å²) in [6.45, 7) is 6.98. The fourth-order valence-electron chi connectivity index (χ4n) is 3.37. The quantitative estimate of drug-likeness (QED) is 0.409. The van der Waals surface area contributed by atoms with E-state index >= 15 is 0 Å². The van der Waals surface area contributed by atoms with Crippen molar-refractivity contribution in [1.29, 1.82) is 0 Å². The van der Waals surface area contributed by atoms with E-state index in [4.69, 9.17) is 0 Å². The van der Waals surface area contributed by atoms with Crippen LogP contribution in [0.2, 0.25) is 0 Å². The molecule has 0 spiro atoms. The van der Waals surface area contributed by atoms with Gasteiger partial charge in [0.25, 0.3) is 0 Å². The number of unbranched alkanes of at least 4 members (excludes halogenated alkanes) is 9. The van der Waals surface area contributed by atoms with E-state index in [1.165, 1.54) is 89.9 Å². The van der Waals surface area contributed by atoms with Gasteiger partial charge in [0.1, 0.15) is 0 Å². The summed E-state index contributed by atoms with van der Waals surface area (Å²) in [5.41, 5.74) is 0. The Morgan fingerprint density at radius 1 is 0.609 bits per heavy atom. The van der Waals surface area contributed by atoms with Gasteiger partial charge in [-0.1, -0.05) is 85.0 Å². The maximum absolute atomic E-state index is 2.35. The number of hydrogen-bond donors (Lipinski definition) is 1. The van der Waals surface area contributed by atoms with Crippen LogP contribution < -0.4 is 17.3 Å². The van der Waals surface area contributed by atoms with E-state index in [0.29, 0.717) is 0 Å². The van der Waals surface area contributed by atoms with E-state index in [0.717, 1.165) is 12.0 Å². The molecular formula is C21H46ClN. The number of halogens is 1. The Morgan fingerprint density at radius 2 is 1.00 bits per heavy atom. The first kappa shape index (κ1) is 25.5. The zero-order chi connectivity index (χ0) is 16.6. The van der Waals surface area contributed by atoms with Crippen molar-refractivity contribution in [3.05, 3.63) is 0 Å². The first-order chi connectivity index (χ1) is 10.6. The summed E-state index contributed by atoms with van der Waals surface area (Å²) in [6.07, 6.45) is 20.2. The molecule has 23 heavy (non-hydrogen) atoms. The Morgan fingerprint density at radius 3 is 1.43 bits per heavy atom. The number of nitrogens with one attached hydrogen (secondary N) is 1. The smallest absolute Gasteiger partial charge is 0.0870 e. The van der Waals surface area contributed by atoms with Gasteiger partial charge >= 0.3 is 0 Å². The average Bonchev–Trinajstić information content (AvgIpc) is 2.46. The Balaban J connectivity index is 0. The summed E-state index contributed by atoms with van der Waals surface area (Å²) in [5, 5.41) is 0. The second kappa shape index (κ2) is 18.6. The molecule has 2 heteroatoms. The van der Waals surface area contributed by atoms with Crippen molar-refractivity contribution in [2.24, 2.45) is 5.92 Å². The van der Waals surface area contributed by atoms with Crippen molar-refractivity contribution in [2.45, 2.75) is 117 Å². The summed E-state index contributed by atoms with van der Waals surface area (Å²) in [4.78, 5) is 1.67. The first-order valence-electron chi connectivity index (χ1n) is 10.4. The van der Waals surface area contributed by atoms with Crippen LogP contribution in [0.15, 0.2) is 0 Å². The van der Waals surface area contributed by atoms with Crippen molar-refractivity contribution in [2.75, 3.05) is 14.1 Å². The third-order valence-electron chi connectivity index (χ3n) is 5.06. The van der Waals surface area contributed by atoms with E-state index in [1.54, 1.807) is 4.90 Å². The molecule has 0 rings (SSSR count). The zero-order valence-electron chi connectivity index (χ0n) is 16.9. The second-order valence-electron chi connectivity index (χ2n) is 8.07. The van der Waals surface area contributed by atoms with E-state index in [9.17, 15) is 0 Å². The number of rotatable bonds is 16. The summed E-state index contributed by atoms with van der Waals surface area (Å²) in [7, 11) is 4.70. The SMILES string of the molecule is CCCCCCCCCCC(CCCCCC(C)C)[NH+](C)C.[Cl-]. The van der Waals surface area contributed by atoms with Crippen LogP contribution in [0.1, 0.15) is 111 Å². The Bertz CT molecular complexity index is 216. The Kier molecular flexibility index (Phi) is 20.6. The van der Waals surface area contributed by atoms with Crippen molar-refractivity contribution >= 4 is 0 Å². The van der Waals surface area contributed by atoms with Gasteiger partial charge < -0.3 is 17.3 Å². The van der Waals surface area contributed by atoms with Gasteiger partial charge in [-0.2, -0.15) is 0 Å². The molecule has 1 N–H and O–H groups in total. The van der Waals surface area contributed by atoms with Gasteiger partial charge in [-0.25, -0.2) is 0 Å². The second-order valence-corrected chi connectivity index (χ2v) is 8.07. The lowest BCUT2D eigenvalue weighted by Gasteiger charge is -2.21. The molecule has 0 saturated heterocycles. The molecule has 0 aliphatic heterocycles. The zero-order valence-corrected chi connectivity index (χ0v) is 17.7. The highest BCUT2D eigenvalue weighted by Gasteiger charge is 2.13. The standard InChI is InChI=1S/C21H45N.ClH/c1-6-7-8-9-10-11-12-15-18-21(22(4)5)19-16-13-14-17-20(2)3;/h20-21H,6-19H2,1-5H3;1H. The van der Waals surface area contributed by atoms with Crippen LogP contribution in [0.5, 0.6) is 0 Å². The highest BCUT2D eigenvalue weighted by atomic mass is 35.5. The third-order valence-corrected chi connectivity index (χ3v) is 5.06. The normalized spacial score (nSPS) is 12.7. The maximum Gasteiger partial charge on any atom is 0.0870 e.